The van der Waals surface area contributed by atoms with Crippen LogP contribution in [0.4, 0.5) is 0 Å². The number of amides is 2. The molecular weight excluding hydrogens is 346 g/mol. The molecule has 0 saturated carbocycles. The first kappa shape index (κ1) is 17.8. The van der Waals surface area contributed by atoms with E-state index in [2.05, 4.69) is 15.3 Å². The van der Waals surface area contributed by atoms with Crippen LogP contribution in [0, 0.1) is 0 Å². The smallest absolute Gasteiger partial charge is 0.270 e. The summed E-state index contributed by atoms with van der Waals surface area (Å²) >= 11 is 0. The summed E-state index contributed by atoms with van der Waals surface area (Å²) in [6.07, 6.45) is 6.06. The van der Waals surface area contributed by atoms with Crippen LogP contribution in [0.2, 0.25) is 0 Å². The standard InChI is InChI=1S/C19H25N5O3/c1-13(2)22-16(25)15-12-24-11-8-21-18(24)19(27-15)5-9-23(10-6-19)17(26)14-4-3-7-20-14/h3-4,7-8,11,13,15,20H,5-6,9-10,12H2,1-2H3,(H,22,25). The molecule has 2 aromatic rings. The average molecular weight is 371 g/mol. The summed E-state index contributed by atoms with van der Waals surface area (Å²) in [5.41, 5.74) is -0.0426. The number of H-pyrrole nitrogens is 1. The van der Waals surface area contributed by atoms with Crippen LogP contribution in [-0.4, -0.2) is 56.5 Å². The summed E-state index contributed by atoms with van der Waals surface area (Å²) in [5.74, 6) is 0.736. The van der Waals surface area contributed by atoms with Gasteiger partial charge in [-0.15, -0.1) is 0 Å². The highest BCUT2D eigenvalue weighted by molar-refractivity contribution is 5.92. The Bertz CT molecular complexity index is 818. The van der Waals surface area contributed by atoms with Gasteiger partial charge in [0.15, 0.2) is 6.10 Å². The van der Waals surface area contributed by atoms with Crippen molar-refractivity contribution in [2.45, 2.75) is 51.0 Å². The van der Waals surface area contributed by atoms with Crippen LogP contribution in [0.1, 0.15) is 43.0 Å². The predicted molar refractivity (Wildman–Crippen MR) is 98.0 cm³/mol. The first-order chi connectivity index (χ1) is 13.0. The van der Waals surface area contributed by atoms with Gasteiger partial charge in [-0.1, -0.05) is 0 Å². The molecule has 144 valence electrons. The lowest BCUT2D eigenvalue weighted by atomic mass is 9.88. The van der Waals surface area contributed by atoms with Gasteiger partial charge in [-0.2, -0.15) is 0 Å². The number of nitrogens with one attached hydrogen (secondary N) is 2. The number of hydrogen-bond acceptors (Lipinski definition) is 4. The van der Waals surface area contributed by atoms with E-state index in [1.54, 1.807) is 18.5 Å². The van der Waals surface area contributed by atoms with Crippen LogP contribution in [-0.2, 0) is 21.7 Å². The Labute approximate surface area is 157 Å². The van der Waals surface area contributed by atoms with Crippen molar-refractivity contribution in [2.75, 3.05) is 13.1 Å². The van der Waals surface area contributed by atoms with Crippen molar-refractivity contribution >= 4 is 11.8 Å². The molecule has 8 heteroatoms. The molecule has 0 radical (unpaired) electrons. The van der Waals surface area contributed by atoms with Crippen LogP contribution in [0.3, 0.4) is 0 Å². The van der Waals surface area contributed by atoms with Gasteiger partial charge in [0.2, 0.25) is 0 Å². The number of aromatic amines is 1. The second-order valence-electron chi connectivity index (χ2n) is 7.54. The largest absolute Gasteiger partial charge is 0.357 e. The molecule has 0 aliphatic carbocycles. The van der Waals surface area contributed by atoms with Gasteiger partial charge in [-0.3, -0.25) is 9.59 Å². The Hall–Kier alpha value is -2.61. The Morgan fingerprint density at radius 1 is 1.37 bits per heavy atom. The van der Waals surface area contributed by atoms with Gasteiger partial charge < -0.3 is 24.5 Å². The molecule has 2 N–H and O–H groups in total. The van der Waals surface area contributed by atoms with Gasteiger partial charge in [-0.25, -0.2) is 4.98 Å². The second kappa shape index (κ2) is 6.84. The van der Waals surface area contributed by atoms with E-state index in [1.807, 2.05) is 35.6 Å². The molecule has 2 aliphatic rings. The Kier molecular flexibility index (Phi) is 4.51. The maximum Gasteiger partial charge on any atom is 0.270 e. The lowest BCUT2D eigenvalue weighted by Crippen LogP contribution is -2.55. The molecule has 2 amide bonds. The Morgan fingerprint density at radius 2 is 2.15 bits per heavy atom. The van der Waals surface area contributed by atoms with Crippen molar-refractivity contribution in [3.05, 3.63) is 42.2 Å². The molecule has 0 bridgehead atoms. The molecule has 4 rings (SSSR count). The number of piperidine rings is 1. The first-order valence-corrected chi connectivity index (χ1v) is 9.41. The predicted octanol–water partition coefficient (Wildman–Crippen LogP) is 1.27. The fourth-order valence-corrected chi connectivity index (χ4v) is 3.96. The van der Waals surface area contributed by atoms with Crippen molar-refractivity contribution < 1.29 is 14.3 Å². The molecule has 4 heterocycles. The van der Waals surface area contributed by atoms with Crippen LogP contribution >= 0.6 is 0 Å². The fourth-order valence-electron chi connectivity index (χ4n) is 3.96. The number of hydrogen-bond donors (Lipinski definition) is 2. The Balaban J connectivity index is 1.52. The van der Waals surface area contributed by atoms with Gasteiger partial charge in [-0.05, 0) is 26.0 Å². The number of aromatic nitrogens is 3. The number of carbonyl (C=O) groups is 2. The van der Waals surface area contributed by atoms with Crippen molar-refractivity contribution in [3.63, 3.8) is 0 Å². The second-order valence-corrected chi connectivity index (χ2v) is 7.54. The zero-order valence-corrected chi connectivity index (χ0v) is 15.6. The minimum absolute atomic E-state index is 0.0110. The zero-order valence-electron chi connectivity index (χ0n) is 15.6. The summed E-state index contributed by atoms with van der Waals surface area (Å²) in [6.45, 7) is 5.45. The van der Waals surface area contributed by atoms with Crippen LogP contribution < -0.4 is 5.32 Å². The SMILES string of the molecule is CC(C)NC(=O)C1Cn2ccnc2C2(CCN(C(=O)c3ccc[nH]3)CC2)O1. The Morgan fingerprint density at radius 3 is 2.81 bits per heavy atom. The maximum atomic E-state index is 12.6. The van der Waals surface area contributed by atoms with Crippen molar-refractivity contribution in [2.24, 2.45) is 0 Å². The summed E-state index contributed by atoms with van der Waals surface area (Å²) in [7, 11) is 0. The van der Waals surface area contributed by atoms with E-state index in [0.717, 1.165) is 5.82 Å². The molecule has 1 saturated heterocycles. The van der Waals surface area contributed by atoms with Crippen molar-refractivity contribution in [1.82, 2.24) is 24.8 Å². The molecule has 0 aromatic carbocycles. The number of ether oxygens (including phenoxy) is 1. The van der Waals surface area contributed by atoms with Crippen LogP contribution in [0.25, 0.3) is 0 Å². The minimum Gasteiger partial charge on any atom is -0.357 e. The highest BCUT2D eigenvalue weighted by Crippen LogP contribution is 2.40. The molecule has 1 atom stereocenters. The molecule has 1 unspecified atom stereocenters. The summed E-state index contributed by atoms with van der Waals surface area (Å²) < 4.78 is 8.35. The van der Waals surface area contributed by atoms with E-state index in [1.165, 1.54) is 0 Å². The molecule has 27 heavy (non-hydrogen) atoms. The molecule has 1 fully saturated rings. The fraction of sp³-hybridized carbons (Fsp3) is 0.526. The monoisotopic (exact) mass is 371 g/mol. The van der Waals surface area contributed by atoms with E-state index < -0.39 is 11.7 Å². The van der Waals surface area contributed by atoms with E-state index in [4.69, 9.17) is 4.74 Å². The van der Waals surface area contributed by atoms with Gasteiger partial charge >= 0.3 is 0 Å². The van der Waals surface area contributed by atoms with E-state index in [9.17, 15) is 9.59 Å². The van der Waals surface area contributed by atoms with E-state index >= 15 is 0 Å². The summed E-state index contributed by atoms with van der Waals surface area (Å²) in [5, 5.41) is 2.94. The quantitative estimate of drug-likeness (QED) is 0.850. The lowest BCUT2D eigenvalue weighted by Gasteiger charge is -2.45. The number of likely N-dealkylation sites (tertiary alicyclic amines) is 1. The van der Waals surface area contributed by atoms with Gasteiger partial charge in [0.1, 0.15) is 17.1 Å². The number of imidazole rings is 1. The van der Waals surface area contributed by atoms with Crippen LogP contribution in [0.5, 0.6) is 0 Å². The van der Waals surface area contributed by atoms with Crippen molar-refractivity contribution in [1.29, 1.82) is 0 Å². The van der Waals surface area contributed by atoms with Crippen LogP contribution in [0.15, 0.2) is 30.7 Å². The number of fused-ring (bicyclic) bond motifs is 2. The molecular formula is C19H25N5O3. The first-order valence-electron chi connectivity index (χ1n) is 9.41. The van der Waals surface area contributed by atoms with Gasteiger partial charge in [0.25, 0.3) is 11.8 Å². The third-order valence-electron chi connectivity index (χ3n) is 5.26. The van der Waals surface area contributed by atoms with E-state index in [0.29, 0.717) is 38.2 Å². The summed E-state index contributed by atoms with van der Waals surface area (Å²) in [4.78, 5) is 34.4. The van der Waals surface area contributed by atoms with Crippen molar-refractivity contribution in [3.8, 4) is 0 Å². The zero-order chi connectivity index (χ0) is 19.0. The molecule has 8 nitrogen and oxygen atoms in total. The highest BCUT2D eigenvalue weighted by atomic mass is 16.5. The lowest BCUT2D eigenvalue weighted by molar-refractivity contribution is -0.172. The number of nitrogens with zero attached hydrogens (tertiary/aromatic N) is 3. The molecule has 2 aliphatic heterocycles. The number of carbonyl (C=O) groups excluding carboxylic acids is 2. The molecule has 2 aromatic heterocycles. The molecule has 1 spiro atoms. The normalized spacial score (nSPS) is 21.3. The third kappa shape index (κ3) is 3.25. The maximum absolute atomic E-state index is 12.6. The minimum atomic E-state index is -0.632. The highest BCUT2D eigenvalue weighted by Gasteiger charge is 2.47. The average Bonchev–Trinajstić information content (AvgIpc) is 3.33. The topological polar surface area (TPSA) is 92.3 Å². The third-order valence-corrected chi connectivity index (χ3v) is 5.26. The van der Waals surface area contributed by atoms with Gasteiger partial charge in [0.05, 0.1) is 6.54 Å². The number of rotatable bonds is 3. The van der Waals surface area contributed by atoms with Gasteiger partial charge in [0, 0.05) is 50.6 Å². The van der Waals surface area contributed by atoms with E-state index in [-0.39, 0.29) is 17.9 Å². The summed E-state index contributed by atoms with van der Waals surface area (Å²) in [6, 6.07) is 3.65.